The third-order valence-electron chi connectivity index (χ3n) is 1.97. The molecule has 0 aliphatic carbocycles. The van der Waals surface area contributed by atoms with Gasteiger partial charge in [0.05, 0.1) is 10.7 Å². The Morgan fingerprint density at radius 1 is 1.25 bits per heavy atom. The molecular weight excluding hydrogens is 242 g/mol. The van der Waals surface area contributed by atoms with Crippen molar-refractivity contribution in [1.82, 2.24) is 9.97 Å². The van der Waals surface area contributed by atoms with E-state index in [2.05, 4.69) is 9.97 Å². The molecule has 3 nitrogen and oxygen atoms in total. The maximum absolute atomic E-state index is 5.84. The van der Waals surface area contributed by atoms with E-state index in [1.807, 2.05) is 12.1 Å². The van der Waals surface area contributed by atoms with Gasteiger partial charge in [-0.15, -0.1) is 0 Å². The normalized spacial score (nSPS) is 10.3. The second-order valence-corrected chi connectivity index (χ2v) is 4.53. The molecular formula is C11H10ClN3S. The first-order valence-corrected chi connectivity index (χ1v) is 6.06. The number of benzene rings is 1. The lowest BCUT2D eigenvalue weighted by molar-refractivity contribution is 0.966. The predicted molar refractivity (Wildman–Crippen MR) is 67.5 cm³/mol. The van der Waals surface area contributed by atoms with Crippen LogP contribution in [-0.2, 0) is 5.75 Å². The summed E-state index contributed by atoms with van der Waals surface area (Å²) in [5.41, 5.74) is 7.43. The number of anilines is 1. The molecule has 0 amide bonds. The first kappa shape index (κ1) is 11.2. The summed E-state index contributed by atoms with van der Waals surface area (Å²) in [4.78, 5) is 8.26. The molecule has 0 atom stereocenters. The van der Waals surface area contributed by atoms with E-state index in [9.17, 15) is 0 Å². The van der Waals surface area contributed by atoms with Crippen molar-refractivity contribution in [2.75, 3.05) is 5.73 Å². The summed E-state index contributed by atoms with van der Waals surface area (Å²) in [5, 5.41) is 1.35. The van der Waals surface area contributed by atoms with E-state index < -0.39 is 0 Å². The third-order valence-corrected chi connectivity index (χ3v) is 3.26. The number of hydrogen-bond donors (Lipinski definition) is 1. The van der Waals surface area contributed by atoms with Gasteiger partial charge < -0.3 is 5.73 Å². The van der Waals surface area contributed by atoms with Gasteiger partial charge in [0, 0.05) is 18.1 Å². The maximum atomic E-state index is 5.84. The number of halogens is 1. The maximum Gasteiger partial charge on any atom is 0.187 e. The minimum absolute atomic E-state index is 0.588. The molecule has 0 fully saturated rings. The number of nitrogens with zero attached hydrogens (tertiary/aromatic N) is 2. The Bertz CT molecular complexity index is 476. The second kappa shape index (κ2) is 5.18. The molecule has 82 valence electrons. The van der Waals surface area contributed by atoms with Crippen molar-refractivity contribution in [3.05, 3.63) is 47.2 Å². The van der Waals surface area contributed by atoms with Gasteiger partial charge in [-0.3, -0.25) is 0 Å². The zero-order valence-corrected chi connectivity index (χ0v) is 10.0. The van der Waals surface area contributed by atoms with Gasteiger partial charge in [0.25, 0.3) is 0 Å². The van der Waals surface area contributed by atoms with Crippen molar-refractivity contribution < 1.29 is 0 Å². The molecule has 0 radical (unpaired) electrons. The minimum atomic E-state index is 0.588. The molecule has 2 rings (SSSR count). The fourth-order valence-corrected chi connectivity index (χ4v) is 2.05. The lowest BCUT2D eigenvalue weighted by atomic mass is 10.2. The van der Waals surface area contributed by atoms with Gasteiger partial charge in [-0.1, -0.05) is 29.4 Å². The molecule has 0 aliphatic rings. The fraction of sp³-hybridized carbons (Fsp3) is 0.0909. The molecule has 5 heteroatoms. The van der Waals surface area contributed by atoms with Gasteiger partial charge in [-0.25, -0.2) is 9.97 Å². The van der Waals surface area contributed by atoms with Crippen LogP contribution in [0, 0.1) is 0 Å². The second-order valence-electron chi connectivity index (χ2n) is 3.18. The predicted octanol–water partition coefficient (Wildman–Crippen LogP) is 3.00. The Kier molecular flexibility index (Phi) is 3.64. The summed E-state index contributed by atoms with van der Waals surface area (Å²) in [6.07, 6.45) is 3.46. The summed E-state index contributed by atoms with van der Waals surface area (Å²) in [6, 6.07) is 7.43. The van der Waals surface area contributed by atoms with Crippen LogP contribution in [0.4, 0.5) is 5.69 Å². The highest BCUT2D eigenvalue weighted by Gasteiger charge is 2.01. The zero-order valence-electron chi connectivity index (χ0n) is 8.43. The van der Waals surface area contributed by atoms with E-state index in [-0.39, 0.29) is 0 Å². The Morgan fingerprint density at radius 2 is 2.00 bits per heavy atom. The van der Waals surface area contributed by atoms with Crippen LogP contribution >= 0.6 is 23.4 Å². The lowest BCUT2D eigenvalue weighted by Gasteiger charge is -2.03. The number of aromatic nitrogens is 2. The van der Waals surface area contributed by atoms with Crippen LogP contribution in [0.2, 0.25) is 5.02 Å². The first-order valence-electron chi connectivity index (χ1n) is 4.69. The smallest absolute Gasteiger partial charge is 0.187 e. The zero-order chi connectivity index (χ0) is 11.4. The summed E-state index contributed by atoms with van der Waals surface area (Å²) >= 11 is 7.41. The number of rotatable bonds is 3. The third kappa shape index (κ3) is 2.87. The average molecular weight is 252 g/mol. The molecule has 2 N–H and O–H groups in total. The molecule has 1 aromatic carbocycles. The van der Waals surface area contributed by atoms with E-state index in [4.69, 9.17) is 17.3 Å². The van der Waals surface area contributed by atoms with Crippen LogP contribution < -0.4 is 5.73 Å². The van der Waals surface area contributed by atoms with E-state index in [0.717, 1.165) is 16.5 Å². The van der Waals surface area contributed by atoms with Gasteiger partial charge in [0.15, 0.2) is 5.16 Å². The van der Waals surface area contributed by atoms with Crippen LogP contribution in [-0.4, -0.2) is 9.97 Å². The SMILES string of the molecule is Nc1cc(CSc2ncccn2)ccc1Cl. The van der Waals surface area contributed by atoms with Crippen molar-refractivity contribution in [2.24, 2.45) is 0 Å². The van der Waals surface area contributed by atoms with Crippen LogP contribution in [0.15, 0.2) is 41.8 Å². The van der Waals surface area contributed by atoms with Crippen LogP contribution in [0.3, 0.4) is 0 Å². The lowest BCUT2D eigenvalue weighted by Crippen LogP contribution is -1.90. The van der Waals surface area contributed by atoms with Crippen LogP contribution in [0.25, 0.3) is 0 Å². The van der Waals surface area contributed by atoms with Gasteiger partial charge in [-0.2, -0.15) is 0 Å². The van der Waals surface area contributed by atoms with Crippen LogP contribution in [0.1, 0.15) is 5.56 Å². The molecule has 0 spiro atoms. The molecule has 0 saturated heterocycles. The minimum Gasteiger partial charge on any atom is -0.398 e. The van der Waals surface area contributed by atoms with Crippen molar-refractivity contribution in [3.8, 4) is 0 Å². The molecule has 1 heterocycles. The van der Waals surface area contributed by atoms with Gasteiger partial charge in [0.1, 0.15) is 0 Å². The van der Waals surface area contributed by atoms with Crippen molar-refractivity contribution >= 4 is 29.1 Å². The standard InChI is InChI=1S/C11H10ClN3S/c12-9-3-2-8(6-10(9)13)7-16-11-14-4-1-5-15-11/h1-6H,7,13H2. The average Bonchev–Trinajstić information content (AvgIpc) is 2.32. The Morgan fingerprint density at radius 3 is 2.69 bits per heavy atom. The molecule has 0 bridgehead atoms. The first-order chi connectivity index (χ1) is 7.75. The number of hydrogen-bond acceptors (Lipinski definition) is 4. The molecule has 0 aliphatic heterocycles. The quantitative estimate of drug-likeness (QED) is 0.518. The largest absolute Gasteiger partial charge is 0.398 e. The number of thioether (sulfide) groups is 1. The van der Waals surface area contributed by atoms with E-state index in [0.29, 0.717) is 10.7 Å². The van der Waals surface area contributed by atoms with Gasteiger partial charge >= 0.3 is 0 Å². The van der Waals surface area contributed by atoms with E-state index >= 15 is 0 Å². The summed E-state index contributed by atoms with van der Waals surface area (Å²) in [6.45, 7) is 0. The molecule has 0 saturated carbocycles. The highest BCUT2D eigenvalue weighted by molar-refractivity contribution is 7.98. The highest BCUT2D eigenvalue weighted by Crippen LogP contribution is 2.24. The monoisotopic (exact) mass is 251 g/mol. The summed E-state index contributed by atoms with van der Waals surface area (Å²) < 4.78 is 0. The van der Waals surface area contributed by atoms with Gasteiger partial charge in [0.2, 0.25) is 0 Å². The van der Waals surface area contributed by atoms with Crippen molar-refractivity contribution in [1.29, 1.82) is 0 Å². The van der Waals surface area contributed by atoms with E-state index in [1.165, 1.54) is 0 Å². The molecule has 0 unspecified atom stereocenters. The molecule has 1 aromatic heterocycles. The topological polar surface area (TPSA) is 51.8 Å². The summed E-state index contributed by atoms with van der Waals surface area (Å²) in [5.74, 6) is 0.783. The van der Waals surface area contributed by atoms with Crippen molar-refractivity contribution in [2.45, 2.75) is 10.9 Å². The molecule has 16 heavy (non-hydrogen) atoms. The highest BCUT2D eigenvalue weighted by atomic mass is 35.5. The summed E-state index contributed by atoms with van der Waals surface area (Å²) in [7, 11) is 0. The van der Waals surface area contributed by atoms with Crippen LogP contribution in [0.5, 0.6) is 0 Å². The fourth-order valence-electron chi connectivity index (χ4n) is 1.19. The van der Waals surface area contributed by atoms with E-state index in [1.54, 1.807) is 36.3 Å². The number of nitrogen functional groups attached to an aromatic ring is 1. The Labute approximate surface area is 103 Å². The molecule has 2 aromatic rings. The van der Waals surface area contributed by atoms with Gasteiger partial charge in [-0.05, 0) is 23.8 Å². The Hall–Kier alpha value is -1.26. The Balaban J connectivity index is 2.03. The van der Waals surface area contributed by atoms with Crippen molar-refractivity contribution in [3.63, 3.8) is 0 Å². The number of nitrogens with two attached hydrogens (primary N) is 1.